The van der Waals surface area contributed by atoms with Gasteiger partial charge < -0.3 is 0 Å². The van der Waals surface area contributed by atoms with Crippen LogP contribution in [0.4, 0.5) is 0 Å². The summed E-state index contributed by atoms with van der Waals surface area (Å²) < 4.78 is 6.77. The number of hydrogen-bond acceptors (Lipinski definition) is 2. The van der Waals surface area contributed by atoms with Crippen LogP contribution in [-0.4, -0.2) is 35.4 Å². The number of aldehydes is 1. The molecule has 3 heteroatoms. The Morgan fingerprint density at radius 3 is 1.77 bits per heavy atom. The Labute approximate surface area is 142 Å². The van der Waals surface area contributed by atoms with Crippen LogP contribution in [0.1, 0.15) is 79.1 Å². The van der Waals surface area contributed by atoms with Gasteiger partial charge in [-0.2, -0.15) is 0 Å². The van der Waals surface area contributed by atoms with Crippen molar-refractivity contribution < 1.29 is 9.90 Å². The molecule has 0 radical (unpaired) electrons. The van der Waals surface area contributed by atoms with Crippen LogP contribution in [0.15, 0.2) is 10.2 Å². The molecular formula is C19H38O2Sn. The van der Waals surface area contributed by atoms with Gasteiger partial charge in [0.25, 0.3) is 0 Å². The number of unbranched alkanes of at least 4 members (excludes halogenated alkanes) is 3. The summed E-state index contributed by atoms with van der Waals surface area (Å²) in [6, 6.07) is 0. The summed E-state index contributed by atoms with van der Waals surface area (Å²) in [5.74, 6) is 0. The normalized spacial score (nSPS) is 15.1. The zero-order chi connectivity index (χ0) is 16.9. The summed E-state index contributed by atoms with van der Waals surface area (Å²) in [6.45, 7) is 8.68. The fraction of sp³-hybridized carbons (Fsp3) is 0.842. The molecule has 2 nitrogen and oxygen atoms in total. The number of carbonyl (C=O) groups is 1. The Bertz CT molecular complexity index is 289. The number of hydrogen-bond donors (Lipinski definition) is 1. The quantitative estimate of drug-likeness (QED) is 0.293. The van der Waals surface area contributed by atoms with E-state index in [9.17, 15) is 9.90 Å². The van der Waals surface area contributed by atoms with Gasteiger partial charge in [-0.3, -0.25) is 0 Å². The average Bonchev–Trinajstić information content (AvgIpc) is 2.52. The van der Waals surface area contributed by atoms with E-state index >= 15 is 0 Å². The van der Waals surface area contributed by atoms with Crippen molar-refractivity contribution in [3.05, 3.63) is 10.2 Å². The number of carbonyl (C=O) groups excluding carboxylic acids is 1. The first-order chi connectivity index (χ1) is 10.4. The summed E-state index contributed by atoms with van der Waals surface area (Å²) in [7, 11) is 0. The van der Waals surface area contributed by atoms with Crippen LogP contribution < -0.4 is 0 Å². The molecule has 0 fully saturated rings. The molecule has 0 aliphatic heterocycles. The van der Waals surface area contributed by atoms with Crippen LogP contribution in [0, 0.1) is 0 Å². The van der Waals surface area contributed by atoms with Crippen molar-refractivity contribution in [2.45, 2.75) is 98.0 Å². The van der Waals surface area contributed by atoms with Crippen molar-refractivity contribution in [3.63, 3.8) is 0 Å². The minimum atomic E-state index is -2.29. The third kappa shape index (κ3) is 10.0. The Kier molecular flexibility index (Phi) is 12.7. The second kappa shape index (κ2) is 12.6. The summed E-state index contributed by atoms with van der Waals surface area (Å²) in [5, 5.41) is 10.5. The first-order valence-corrected chi connectivity index (χ1v) is 17.0. The minimum absolute atomic E-state index is 0.443. The van der Waals surface area contributed by atoms with Gasteiger partial charge in [0.05, 0.1) is 0 Å². The van der Waals surface area contributed by atoms with Crippen molar-refractivity contribution in [1.29, 1.82) is 0 Å². The molecule has 0 rings (SSSR count). The van der Waals surface area contributed by atoms with Gasteiger partial charge >= 0.3 is 143 Å². The molecule has 1 atom stereocenters. The van der Waals surface area contributed by atoms with Crippen LogP contribution in [0.25, 0.3) is 0 Å². The van der Waals surface area contributed by atoms with E-state index in [1.165, 1.54) is 51.8 Å². The first-order valence-electron chi connectivity index (χ1n) is 9.31. The van der Waals surface area contributed by atoms with E-state index in [2.05, 4.69) is 30.9 Å². The monoisotopic (exact) mass is 418 g/mol. The molecule has 130 valence electrons. The van der Waals surface area contributed by atoms with Gasteiger partial charge in [-0.05, 0) is 0 Å². The summed E-state index contributed by atoms with van der Waals surface area (Å²) in [5.41, 5.74) is -0.812. The van der Waals surface area contributed by atoms with Gasteiger partial charge in [0.2, 0.25) is 0 Å². The van der Waals surface area contributed by atoms with Gasteiger partial charge in [-0.25, -0.2) is 0 Å². The third-order valence-electron chi connectivity index (χ3n) is 4.65. The summed E-state index contributed by atoms with van der Waals surface area (Å²) in [6.07, 6.45) is 11.8. The maximum atomic E-state index is 10.6. The van der Waals surface area contributed by atoms with Gasteiger partial charge in [0.1, 0.15) is 0 Å². The Hall–Kier alpha value is 0.169. The molecule has 0 aliphatic rings. The number of rotatable bonds is 14. The predicted octanol–water partition coefficient (Wildman–Crippen LogP) is 5.66. The van der Waals surface area contributed by atoms with Gasteiger partial charge in [-0.15, -0.1) is 0 Å². The van der Waals surface area contributed by atoms with Crippen molar-refractivity contribution in [2.24, 2.45) is 0 Å². The molecule has 0 aromatic rings. The molecule has 0 saturated carbocycles. The molecule has 22 heavy (non-hydrogen) atoms. The zero-order valence-electron chi connectivity index (χ0n) is 15.4. The Morgan fingerprint density at radius 1 is 0.955 bits per heavy atom. The second-order valence-corrected chi connectivity index (χ2v) is 20.1. The number of aliphatic hydroxyl groups is 1. The van der Waals surface area contributed by atoms with E-state index in [1.54, 1.807) is 0 Å². The van der Waals surface area contributed by atoms with E-state index in [4.69, 9.17) is 0 Å². The van der Waals surface area contributed by atoms with Crippen molar-refractivity contribution in [2.75, 3.05) is 0 Å². The predicted molar refractivity (Wildman–Crippen MR) is 100.0 cm³/mol. The van der Waals surface area contributed by atoms with Crippen molar-refractivity contribution in [1.82, 2.24) is 0 Å². The van der Waals surface area contributed by atoms with Crippen LogP contribution >= 0.6 is 0 Å². The summed E-state index contributed by atoms with van der Waals surface area (Å²) >= 11 is -2.29. The van der Waals surface area contributed by atoms with E-state index in [0.29, 0.717) is 12.8 Å². The zero-order valence-corrected chi connectivity index (χ0v) is 18.2. The van der Waals surface area contributed by atoms with Crippen LogP contribution in [0.2, 0.25) is 13.3 Å². The van der Waals surface area contributed by atoms with Gasteiger partial charge in [-0.1, -0.05) is 0 Å². The molecule has 0 spiro atoms. The molecular weight excluding hydrogens is 379 g/mol. The van der Waals surface area contributed by atoms with Gasteiger partial charge in [0.15, 0.2) is 0 Å². The SMILES string of the molecule is CCC[CH2][Sn](/[CH]=C/[C@](C)(O)CCC=O)([CH2]CCC)[CH2]CCC. The Morgan fingerprint density at radius 2 is 1.41 bits per heavy atom. The molecule has 0 aromatic heterocycles. The van der Waals surface area contributed by atoms with E-state index in [0.717, 1.165) is 6.29 Å². The maximum absolute atomic E-state index is 10.6. The summed E-state index contributed by atoms with van der Waals surface area (Å²) in [4.78, 5) is 10.6. The molecule has 0 aliphatic carbocycles. The molecule has 0 amide bonds. The molecule has 0 aromatic carbocycles. The fourth-order valence-electron chi connectivity index (χ4n) is 3.00. The molecule has 0 saturated heterocycles. The van der Waals surface area contributed by atoms with Crippen LogP contribution in [0.5, 0.6) is 0 Å². The topological polar surface area (TPSA) is 37.3 Å². The Balaban J connectivity index is 5.08. The van der Waals surface area contributed by atoms with Crippen LogP contribution in [-0.2, 0) is 4.79 Å². The molecule has 1 N–H and O–H groups in total. The van der Waals surface area contributed by atoms with Crippen molar-refractivity contribution in [3.8, 4) is 0 Å². The molecule has 0 bridgehead atoms. The van der Waals surface area contributed by atoms with E-state index < -0.39 is 24.0 Å². The van der Waals surface area contributed by atoms with Crippen molar-refractivity contribution >= 4 is 24.7 Å². The third-order valence-corrected chi connectivity index (χ3v) is 18.7. The van der Waals surface area contributed by atoms with E-state index in [-0.39, 0.29) is 0 Å². The first kappa shape index (κ1) is 22.2. The van der Waals surface area contributed by atoms with E-state index in [1.807, 2.05) is 6.92 Å². The average molecular weight is 417 g/mol. The second-order valence-electron chi connectivity index (χ2n) is 7.07. The molecule has 0 heterocycles. The molecule has 0 unspecified atom stereocenters. The van der Waals surface area contributed by atoms with Crippen LogP contribution in [0.3, 0.4) is 0 Å². The fourth-order valence-corrected chi connectivity index (χ4v) is 17.7. The standard InChI is InChI=1S/C7H11O2.3C4H9.Sn/c1-3-7(2,9)5-4-6-8;3*1-3-4-2;/h1,3,6,9H,4-5H2,2H3;3*1,3-4H2,2H3;/t7-;;;;/m0..../s1. The van der Waals surface area contributed by atoms with Gasteiger partial charge in [0, 0.05) is 0 Å².